The molecular weight excluding hydrogens is 525 g/mol. The molecule has 12 heteroatoms. The van der Waals surface area contributed by atoms with Crippen molar-refractivity contribution in [3.63, 3.8) is 0 Å². The Kier molecular flexibility index (Phi) is 9.48. The van der Waals surface area contributed by atoms with E-state index in [1.807, 2.05) is 0 Å². The van der Waals surface area contributed by atoms with Gasteiger partial charge in [-0.05, 0) is 55.9 Å². The molecule has 0 saturated carbocycles. The zero-order valence-electron chi connectivity index (χ0n) is 21.5. The number of nitrogens with one attached hydrogen (secondary N) is 1. The molecule has 1 fully saturated rings. The molecule has 1 aliphatic rings. The predicted octanol–water partition coefficient (Wildman–Crippen LogP) is 4.01. The number of amides is 2. The van der Waals surface area contributed by atoms with Gasteiger partial charge in [0.2, 0.25) is 0 Å². The predicted molar refractivity (Wildman–Crippen MR) is 137 cm³/mol. The first-order valence-corrected chi connectivity index (χ1v) is 12.6. The molecule has 1 atom stereocenters. The standard InChI is InChI=1S/C26H32ClF3N4O4/c1-31-23(35)20-9-10-21(32-22(20)27)34-14-11-17(12-15-34)6-5-13-33(2)24(36)25(37,26(28,29)30)18-7-4-8-19(16-18)38-3/h4,7-10,16-17,37H,5-6,11-15H2,1-3H3,(H,31,35)/t25-/m1/s1. The summed E-state index contributed by atoms with van der Waals surface area (Å²) in [6.07, 6.45) is -2.33. The highest BCUT2D eigenvalue weighted by Crippen LogP contribution is 2.41. The molecule has 208 valence electrons. The summed E-state index contributed by atoms with van der Waals surface area (Å²) in [4.78, 5) is 32.0. The van der Waals surface area contributed by atoms with E-state index in [1.54, 1.807) is 12.1 Å². The van der Waals surface area contributed by atoms with Crippen LogP contribution in [0.25, 0.3) is 0 Å². The third-order valence-corrected chi connectivity index (χ3v) is 7.19. The van der Waals surface area contributed by atoms with E-state index in [4.69, 9.17) is 16.3 Å². The first kappa shape index (κ1) is 29.5. The Morgan fingerprint density at radius 2 is 1.92 bits per heavy atom. The number of aromatic nitrogens is 1. The van der Waals surface area contributed by atoms with Crippen LogP contribution in [0, 0.1) is 5.92 Å². The Morgan fingerprint density at radius 3 is 2.50 bits per heavy atom. The maximum atomic E-state index is 14.0. The quantitative estimate of drug-likeness (QED) is 0.453. The summed E-state index contributed by atoms with van der Waals surface area (Å²) < 4.78 is 46.8. The third kappa shape index (κ3) is 6.32. The molecule has 0 radical (unpaired) electrons. The number of hydrogen-bond donors (Lipinski definition) is 2. The Bertz CT molecular complexity index is 1140. The Balaban J connectivity index is 1.55. The number of methoxy groups -OCH3 is 1. The average Bonchev–Trinajstić information content (AvgIpc) is 2.91. The molecule has 1 saturated heterocycles. The van der Waals surface area contributed by atoms with Crippen molar-refractivity contribution in [2.24, 2.45) is 5.92 Å². The van der Waals surface area contributed by atoms with Gasteiger partial charge in [-0.3, -0.25) is 9.59 Å². The lowest BCUT2D eigenvalue weighted by Crippen LogP contribution is -2.55. The molecule has 0 aliphatic carbocycles. The molecule has 38 heavy (non-hydrogen) atoms. The lowest BCUT2D eigenvalue weighted by Gasteiger charge is -2.34. The van der Waals surface area contributed by atoms with Crippen molar-refractivity contribution in [2.45, 2.75) is 37.5 Å². The fraction of sp³-hybridized carbons (Fsp3) is 0.500. The second kappa shape index (κ2) is 12.2. The molecule has 2 amide bonds. The lowest BCUT2D eigenvalue weighted by atomic mass is 9.90. The van der Waals surface area contributed by atoms with E-state index in [0.29, 0.717) is 36.8 Å². The molecule has 2 N–H and O–H groups in total. The van der Waals surface area contributed by atoms with Crippen LogP contribution < -0.4 is 15.0 Å². The minimum Gasteiger partial charge on any atom is -0.497 e. The maximum Gasteiger partial charge on any atom is 0.430 e. The van der Waals surface area contributed by atoms with Crippen molar-refractivity contribution in [2.75, 3.05) is 45.7 Å². The minimum absolute atomic E-state index is 0.0690. The van der Waals surface area contributed by atoms with Gasteiger partial charge in [-0.2, -0.15) is 13.2 Å². The second-order valence-corrected chi connectivity index (χ2v) is 9.68. The number of likely N-dealkylation sites (N-methyl/N-ethyl adjacent to an activating group) is 1. The van der Waals surface area contributed by atoms with Gasteiger partial charge in [0.15, 0.2) is 0 Å². The van der Waals surface area contributed by atoms with Gasteiger partial charge < -0.3 is 25.0 Å². The van der Waals surface area contributed by atoms with E-state index in [1.165, 1.54) is 33.3 Å². The number of piperidine rings is 1. The van der Waals surface area contributed by atoms with E-state index in [2.05, 4.69) is 15.2 Å². The number of ether oxygens (including phenoxy) is 1. The highest BCUT2D eigenvalue weighted by Gasteiger charge is 2.61. The summed E-state index contributed by atoms with van der Waals surface area (Å²) in [5, 5.41) is 13.3. The highest BCUT2D eigenvalue weighted by atomic mass is 35.5. The van der Waals surface area contributed by atoms with E-state index < -0.39 is 23.2 Å². The summed E-state index contributed by atoms with van der Waals surface area (Å²) in [7, 11) is 4.07. The summed E-state index contributed by atoms with van der Waals surface area (Å²) in [5.41, 5.74) is -3.97. The number of aliphatic hydroxyl groups is 1. The average molecular weight is 557 g/mol. The molecule has 0 bridgehead atoms. The maximum absolute atomic E-state index is 14.0. The number of alkyl halides is 3. The molecular formula is C26H32ClF3N4O4. The van der Waals surface area contributed by atoms with Crippen molar-refractivity contribution in [3.8, 4) is 5.75 Å². The fourth-order valence-electron chi connectivity index (χ4n) is 4.61. The first-order valence-electron chi connectivity index (χ1n) is 12.2. The molecule has 2 heterocycles. The number of benzene rings is 1. The molecule has 1 aliphatic heterocycles. The van der Waals surface area contributed by atoms with Crippen molar-refractivity contribution >= 4 is 29.2 Å². The Labute approximate surface area is 224 Å². The van der Waals surface area contributed by atoms with Crippen LogP contribution in [0.1, 0.15) is 41.6 Å². The molecule has 2 aromatic rings. The van der Waals surface area contributed by atoms with Crippen LogP contribution >= 0.6 is 11.6 Å². The SMILES string of the molecule is CNC(=O)c1ccc(N2CCC(CCCN(C)C(=O)[C@](O)(c3cccc(OC)c3)C(F)(F)F)CC2)nc1Cl. The van der Waals surface area contributed by atoms with E-state index in [9.17, 15) is 27.9 Å². The van der Waals surface area contributed by atoms with Gasteiger partial charge in [0.25, 0.3) is 17.4 Å². The van der Waals surface area contributed by atoms with Crippen molar-refractivity contribution in [3.05, 3.63) is 52.7 Å². The topological polar surface area (TPSA) is 95.0 Å². The van der Waals surface area contributed by atoms with E-state index >= 15 is 0 Å². The summed E-state index contributed by atoms with van der Waals surface area (Å²) in [6.45, 7) is 1.50. The first-order chi connectivity index (χ1) is 17.9. The van der Waals surface area contributed by atoms with Gasteiger partial charge in [-0.25, -0.2) is 4.98 Å². The zero-order valence-corrected chi connectivity index (χ0v) is 22.3. The Morgan fingerprint density at radius 1 is 1.24 bits per heavy atom. The van der Waals surface area contributed by atoms with Gasteiger partial charge in [0.1, 0.15) is 16.7 Å². The second-order valence-electron chi connectivity index (χ2n) is 9.33. The highest BCUT2D eigenvalue weighted by molar-refractivity contribution is 6.32. The number of pyridine rings is 1. The van der Waals surface area contributed by atoms with E-state index in [0.717, 1.165) is 36.3 Å². The van der Waals surface area contributed by atoms with Gasteiger partial charge in [0, 0.05) is 39.3 Å². The van der Waals surface area contributed by atoms with Crippen molar-refractivity contribution < 1.29 is 32.6 Å². The number of carbonyl (C=O) groups excluding carboxylic acids is 2. The van der Waals surface area contributed by atoms with Crippen LogP contribution in [-0.2, 0) is 10.4 Å². The lowest BCUT2D eigenvalue weighted by molar-refractivity contribution is -0.261. The van der Waals surface area contributed by atoms with Crippen LogP contribution in [0.3, 0.4) is 0 Å². The molecule has 3 rings (SSSR count). The molecule has 8 nitrogen and oxygen atoms in total. The van der Waals surface area contributed by atoms with Gasteiger partial charge in [0.05, 0.1) is 12.7 Å². The fourth-order valence-corrected chi connectivity index (χ4v) is 4.84. The number of halogens is 4. The number of carbonyl (C=O) groups is 2. The molecule has 1 aromatic heterocycles. The van der Waals surface area contributed by atoms with Gasteiger partial charge >= 0.3 is 6.18 Å². The number of nitrogens with zero attached hydrogens (tertiary/aromatic N) is 3. The molecule has 0 spiro atoms. The van der Waals surface area contributed by atoms with Crippen molar-refractivity contribution in [1.29, 1.82) is 0 Å². The molecule has 0 unspecified atom stereocenters. The van der Waals surface area contributed by atoms with Crippen LogP contribution in [0.15, 0.2) is 36.4 Å². The number of anilines is 1. The van der Waals surface area contributed by atoms with E-state index in [-0.39, 0.29) is 23.4 Å². The zero-order chi connectivity index (χ0) is 28.1. The van der Waals surface area contributed by atoms with Crippen LogP contribution in [0.2, 0.25) is 5.15 Å². The normalized spacial score (nSPS) is 16.1. The number of rotatable bonds is 9. The Hall–Kier alpha value is -3.05. The van der Waals surface area contributed by atoms with Crippen LogP contribution in [0.4, 0.5) is 19.0 Å². The van der Waals surface area contributed by atoms with Gasteiger partial charge in [-0.1, -0.05) is 23.7 Å². The largest absolute Gasteiger partial charge is 0.497 e. The third-order valence-electron chi connectivity index (χ3n) is 6.90. The van der Waals surface area contributed by atoms with Gasteiger partial charge in [-0.15, -0.1) is 0 Å². The van der Waals surface area contributed by atoms with Crippen LogP contribution in [0.5, 0.6) is 5.75 Å². The molecule has 1 aromatic carbocycles. The summed E-state index contributed by atoms with van der Waals surface area (Å²) in [6, 6.07) is 8.19. The minimum atomic E-state index is -5.22. The smallest absolute Gasteiger partial charge is 0.430 e. The number of hydrogen-bond acceptors (Lipinski definition) is 6. The van der Waals surface area contributed by atoms with Crippen LogP contribution in [-0.4, -0.2) is 73.8 Å². The monoisotopic (exact) mass is 556 g/mol. The summed E-state index contributed by atoms with van der Waals surface area (Å²) >= 11 is 6.16. The summed E-state index contributed by atoms with van der Waals surface area (Å²) in [5.74, 6) is -0.637. The van der Waals surface area contributed by atoms with Crippen molar-refractivity contribution in [1.82, 2.24) is 15.2 Å².